The van der Waals surface area contributed by atoms with Crippen LogP contribution >= 0.6 is 11.3 Å². The molecule has 0 atom stereocenters. The van der Waals surface area contributed by atoms with Crippen molar-refractivity contribution in [3.05, 3.63) is 21.9 Å². The number of thiophene rings is 1. The predicted molar refractivity (Wildman–Crippen MR) is 96.8 cm³/mol. The van der Waals surface area contributed by atoms with Crippen LogP contribution in [0, 0.1) is 6.92 Å². The molecule has 0 spiro atoms. The van der Waals surface area contributed by atoms with Gasteiger partial charge in [-0.1, -0.05) is 0 Å². The van der Waals surface area contributed by atoms with Crippen molar-refractivity contribution in [3.8, 4) is 0 Å². The van der Waals surface area contributed by atoms with Crippen molar-refractivity contribution in [1.29, 1.82) is 0 Å². The van der Waals surface area contributed by atoms with Gasteiger partial charge in [0.1, 0.15) is 0 Å². The fourth-order valence-electron chi connectivity index (χ4n) is 2.95. The highest BCUT2D eigenvalue weighted by Gasteiger charge is 2.26. The van der Waals surface area contributed by atoms with E-state index in [1.54, 1.807) is 0 Å². The third-order valence-electron chi connectivity index (χ3n) is 4.62. The van der Waals surface area contributed by atoms with Crippen LogP contribution in [0.4, 0.5) is 0 Å². The predicted octanol–water partition coefficient (Wildman–Crippen LogP) is 1.44. The van der Waals surface area contributed by atoms with Gasteiger partial charge in [0.05, 0.1) is 11.4 Å². The van der Waals surface area contributed by atoms with Crippen molar-refractivity contribution in [3.63, 3.8) is 0 Å². The molecule has 1 N–H and O–H groups in total. The Morgan fingerprint density at radius 1 is 1.12 bits per heavy atom. The fourth-order valence-corrected chi connectivity index (χ4v) is 3.78. The van der Waals surface area contributed by atoms with Gasteiger partial charge in [0, 0.05) is 49.9 Å². The summed E-state index contributed by atoms with van der Waals surface area (Å²) in [7, 11) is 0. The molecule has 2 aliphatic rings. The number of nitrogens with zero attached hydrogens (tertiary/aromatic N) is 2. The highest BCUT2D eigenvalue weighted by molar-refractivity contribution is 7.14. The maximum absolute atomic E-state index is 12.3. The average molecular weight is 363 g/mol. The number of Topliss-reactive ketones (excluding diaryl/α,β-unsaturated/α-hetero) is 1. The summed E-state index contributed by atoms with van der Waals surface area (Å²) in [6, 6.07) is 4.15. The second-order valence-electron chi connectivity index (χ2n) is 6.83. The van der Waals surface area contributed by atoms with Crippen molar-refractivity contribution in [2.24, 2.45) is 0 Å². The van der Waals surface area contributed by atoms with Gasteiger partial charge in [0.15, 0.2) is 5.78 Å². The van der Waals surface area contributed by atoms with Gasteiger partial charge in [0.25, 0.3) is 0 Å². The minimum atomic E-state index is 0.0312. The number of rotatable bonds is 7. The third-order valence-corrected chi connectivity index (χ3v) is 5.66. The zero-order valence-corrected chi connectivity index (χ0v) is 15.4. The maximum atomic E-state index is 12.3. The number of hydrogen-bond acceptors (Lipinski definition) is 5. The van der Waals surface area contributed by atoms with Crippen LogP contribution < -0.4 is 5.32 Å². The molecule has 2 amide bonds. The highest BCUT2D eigenvalue weighted by Crippen LogP contribution is 2.19. The quantitative estimate of drug-likeness (QED) is 0.745. The first-order valence-corrected chi connectivity index (χ1v) is 9.72. The number of carbonyl (C=O) groups is 3. The second kappa shape index (κ2) is 8.10. The van der Waals surface area contributed by atoms with Crippen LogP contribution in [-0.4, -0.2) is 66.2 Å². The molecule has 1 saturated heterocycles. The first-order chi connectivity index (χ1) is 12.0. The minimum absolute atomic E-state index is 0.0312. The molecule has 3 rings (SSSR count). The Hall–Kier alpha value is -1.73. The van der Waals surface area contributed by atoms with Gasteiger partial charge < -0.3 is 10.2 Å². The molecule has 0 aromatic carbocycles. The Morgan fingerprint density at radius 3 is 2.44 bits per heavy atom. The summed E-state index contributed by atoms with van der Waals surface area (Å²) in [6.45, 7) is 5.05. The van der Waals surface area contributed by atoms with Crippen LogP contribution in [0.3, 0.4) is 0 Å². The van der Waals surface area contributed by atoms with E-state index in [0.717, 1.165) is 22.6 Å². The van der Waals surface area contributed by atoms with E-state index in [9.17, 15) is 14.4 Å². The van der Waals surface area contributed by atoms with E-state index >= 15 is 0 Å². The summed E-state index contributed by atoms with van der Waals surface area (Å²) >= 11 is 1.48. The molecule has 136 valence electrons. The lowest BCUT2D eigenvalue weighted by molar-refractivity contribution is -0.133. The summed E-state index contributed by atoms with van der Waals surface area (Å²) in [6.07, 6.45) is 2.72. The Balaban J connectivity index is 1.36. The number of hydrogen-bond donors (Lipinski definition) is 1. The van der Waals surface area contributed by atoms with Crippen LogP contribution in [0.5, 0.6) is 0 Å². The Bertz CT molecular complexity index is 646. The molecule has 2 fully saturated rings. The minimum Gasteiger partial charge on any atom is -0.352 e. The SMILES string of the molecule is Cc1ccc(C(=O)CCC(=O)N2CCN(CC(=O)NC3CC3)CC2)s1. The zero-order chi connectivity index (χ0) is 17.8. The van der Waals surface area contributed by atoms with Gasteiger partial charge >= 0.3 is 0 Å². The van der Waals surface area contributed by atoms with Gasteiger partial charge in [-0.05, 0) is 31.9 Å². The van der Waals surface area contributed by atoms with Crippen molar-refractivity contribution >= 4 is 28.9 Å². The molecule has 7 heteroatoms. The molecule has 1 saturated carbocycles. The maximum Gasteiger partial charge on any atom is 0.234 e. The summed E-state index contributed by atoms with van der Waals surface area (Å²) in [4.78, 5) is 42.0. The first kappa shape index (κ1) is 18.1. The van der Waals surface area contributed by atoms with E-state index in [2.05, 4.69) is 10.2 Å². The Kier molecular flexibility index (Phi) is 5.86. The lowest BCUT2D eigenvalue weighted by Gasteiger charge is -2.34. The fraction of sp³-hybridized carbons (Fsp3) is 0.611. The molecule has 25 heavy (non-hydrogen) atoms. The highest BCUT2D eigenvalue weighted by atomic mass is 32.1. The summed E-state index contributed by atoms with van der Waals surface area (Å²) in [5.74, 6) is 0.157. The number of carbonyl (C=O) groups excluding carboxylic acids is 3. The van der Waals surface area contributed by atoms with Gasteiger partial charge in [-0.3, -0.25) is 19.3 Å². The third kappa shape index (κ3) is 5.37. The lowest BCUT2D eigenvalue weighted by Crippen LogP contribution is -2.51. The van der Waals surface area contributed by atoms with E-state index in [4.69, 9.17) is 0 Å². The molecule has 1 aliphatic heterocycles. The van der Waals surface area contributed by atoms with Crippen molar-refractivity contribution in [2.45, 2.75) is 38.6 Å². The summed E-state index contributed by atoms with van der Waals surface area (Å²) < 4.78 is 0. The summed E-state index contributed by atoms with van der Waals surface area (Å²) in [5.41, 5.74) is 0. The molecule has 0 radical (unpaired) electrons. The average Bonchev–Trinajstić information content (AvgIpc) is 3.30. The van der Waals surface area contributed by atoms with Crippen LogP contribution in [0.1, 0.15) is 40.2 Å². The van der Waals surface area contributed by atoms with E-state index in [1.807, 2.05) is 24.0 Å². The normalized spacial score (nSPS) is 18.2. The number of ketones is 1. The molecular weight excluding hydrogens is 338 g/mol. The number of piperazine rings is 1. The van der Waals surface area contributed by atoms with Crippen molar-refractivity contribution in [2.75, 3.05) is 32.7 Å². The van der Waals surface area contributed by atoms with Crippen LogP contribution in [-0.2, 0) is 9.59 Å². The van der Waals surface area contributed by atoms with Crippen molar-refractivity contribution in [1.82, 2.24) is 15.1 Å². The largest absolute Gasteiger partial charge is 0.352 e. The van der Waals surface area contributed by atoms with E-state index < -0.39 is 0 Å². The standard InChI is InChI=1S/C18H25N3O3S/c1-13-2-6-16(25-13)15(22)5-7-18(24)21-10-8-20(9-11-21)12-17(23)19-14-3-4-14/h2,6,14H,3-5,7-12H2,1H3,(H,19,23). The molecule has 2 heterocycles. The van der Waals surface area contributed by atoms with E-state index in [1.165, 1.54) is 11.3 Å². The Labute approximate surface area is 152 Å². The van der Waals surface area contributed by atoms with Crippen LogP contribution in [0.25, 0.3) is 0 Å². The van der Waals surface area contributed by atoms with E-state index in [0.29, 0.717) is 38.8 Å². The molecular formula is C18H25N3O3S. The smallest absolute Gasteiger partial charge is 0.234 e. The lowest BCUT2D eigenvalue weighted by atomic mass is 10.1. The van der Waals surface area contributed by atoms with Gasteiger partial charge in [-0.15, -0.1) is 11.3 Å². The monoisotopic (exact) mass is 363 g/mol. The molecule has 1 aromatic heterocycles. The zero-order valence-electron chi connectivity index (χ0n) is 14.6. The van der Waals surface area contributed by atoms with Gasteiger partial charge in [0.2, 0.25) is 11.8 Å². The van der Waals surface area contributed by atoms with Gasteiger partial charge in [-0.2, -0.15) is 0 Å². The van der Waals surface area contributed by atoms with E-state index in [-0.39, 0.29) is 30.4 Å². The van der Waals surface area contributed by atoms with Crippen LogP contribution in [0.15, 0.2) is 12.1 Å². The molecule has 1 aromatic rings. The Morgan fingerprint density at radius 2 is 1.84 bits per heavy atom. The van der Waals surface area contributed by atoms with Gasteiger partial charge in [-0.25, -0.2) is 0 Å². The molecule has 0 unspecified atom stereocenters. The molecule has 0 bridgehead atoms. The number of nitrogens with one attached hydrogen (secondary N) is 1. The topological polar surface area (TPSA) is 69.7 Å². The van der Waals surface area contributed by atoms with Crippen LogP contribution in [0.2, 0.25) is 0 Å². The molecule has 6 nitrogen and oxygen atoms in total. The number of aryl methyl sites for hydroxylation is 1. The number of amides is 2. The first-order valence-electron chi connectivity index (χ1n) is 8.90. The summed E-state index contributed by atoms with van der Waals surface area (Å²) in [5, 5.41) is 2.99. The molecule has 1 aliphatic carbocycles. The van der Waals surface area contributed by atoms with Crippen molar-refractivity contribution < 1.29 is 14.4 Å². The second-order valence-corrected chi connectivity index (χ2v) is 8.12.